The van der Waals surface area contributed by atoms with Crippen molar-refractivity contribution in [3.05, 3.63) is 33.4 Å². The number of benzene rings is 1. The summed E-state index contributed by atoms with van der Waals surface area (Å²) >= 11 is 2.18. The molecule has 6 heteroatoms. The maximum atomic E-state index is 11.2. The average molecular weight is 377 g/mol. The van der Waals surface area contributed by atoms with Crippen molar-refractivity contribution in [1.82, 2.24) is 0 Å². The number of carbonyl (C=O) groups is 2. The van der Waals surface area contributed by atoms with Gasteiger partial charge in [-0.2, -0.15) is 0 Å². The van der Waals surface area contributed by atoms with E-state index in [1.54, 1.807) is 0 Å². The van der Waals surface area contributed by atoms with Crippen LogP contribution in [-0.4, -0.2) is 28.2 Å². The lowest BCUT2D eigenvalue weighted by Crippen LogP contribution is -2.31. The van der Waals surface area contributed by atoms with Crippen LogP contribution in [0.1, 0.15) is 18.4 Å². The minimum atomic E-state index is -1.10. The quantitative estimate of drug-likeness (QED) is 0.629. The van der Waals surface area contributed by atoms with E-state index in [2.05, 4.69) is 22.6 Å². The van der Waals surface area contributed by atoms with Crippen LogP contribution in [0, 0.1) is 9.49 Å². The zero-order valence-electron chi connectivity index (χ0n) is 10.3. The van der Waals surface area contributed by atoms with Gasteiger partial charge in [0.25, 0.3) is 0 Å². The fourth-order valence-electron chi connectivity index (χ4n) is 1.72. The molecule has 0 heterocycles. The van der Waals surface area contributed by atoms with Gasteiger partial charge >= 0.3 is 11.9 Å². The molecule has 0 amide bonds. The zero-order chi connectivity index (χ0) is 14.4. The molecule has 2 atom stereocenters. The molecule has 1 rings (SSSR count). The summed E-state index contributed by atoms with van der Waals surface area (Å²) in [5.74, 6) is -2.62. The van der Waals surface area contributed by atoms with Crippen LogP contribution in [0.3, 0.4) is 0 Å². The first-order valence-electron chi connectivity index (χ1n) is 5.85. The smallest absolute Gasteiger partial charge is 0.320 e. The molecule has 1 aromatic carbocycles. The van der Waals surface area contributed by atoms with Crippen molar-refractivity contribution in [2.45, 2.75) is 25.3 Å². The van der Waals surface area contributed by atoms with E-state index >= 15 is 0 Å². The lowest BCUT2D eigenvalue weighted by Gasteiger charge is -2.14. The number of carboxylic acid groups (broad SMARTS) is 2. The van der Waals surface area contributed by atoms with Crippen molar-refractivity contribution >= 4 is 34.5 Å². The number of hydrogen-bond acceptors (Lipinski definition) is 3. The minimum Gasteiger partial charge on any atom is -0.481 e. The molecule has 0 aliphatic rings. The number of hydrogen-bond donors (Lipinski definition) is 3. The zero-order valence-corrected chi connectivity index (χ0v) is 12.4. The molecular weight excluding hydrogens is 361 g/mol. The summed E-state index contributed by atoms with van der Waals surface area (Å²) in [5, 5.41) is 17.8. The van der Waals surface area contributed by atoms with Crippen LogP contribution in [0.25, 0.3) is 0 Å². The van der Waals surface area contributed by atoms with Crippen LogP contribution in [-0.2, 0) is 16.0 Å². The van der Waals surface area contributed by atoms with Gasteiger partial charge in [-0.3, -0.25) is 9.59 Å². The highest BCUT2D eigenvalue weighted by Crippen LogP contribution is 2.17. The van der Waals surface area contributed by atoms with Gasteiger partial charge < -0.3 is 15.9 Å². The van der Waals surface area contributed by atoms with Crippen molar-refractivity contribution in [3.63, 3.8) is 0 Å². The van der Waals surface area contributed by atoms with Crippen molar-refractivity contribution < 1.29 is 19.8 Å². The van der Waals surface area contributed by atoms with Crippen LogP contribution in [0.4, 0.5) is 0 Å². The van der Waals surface area contributed by atoms with Crippen molar-refractivity contribution in [1.29, 1.82) is 0 Å². The number of halogens is 1. The van der Waals surface area contributed by atoms with Gasteiger partial charge in [-0.25, -0.2) is 0 Å². The molecule has 0 saturated carbocycles. The summed E-state index contributed by atoms with van der Waals surface area (Å²) in [6.45, 7) is 0. The van der Waals surface area contributed by atoms with Gasteiger partial charge in [0.05, 0.1) is 5.92 Å². The number of rotatable bonds is 7. The molecule has 104 valence electrons. The van der Waals surface area contributed by atoms with Gasteiger partial charge in [0.1, 0.15) is 6.04 Å². The first-order chi connectivity index (χ1) is 8.90. The Kier molecular flexibility index (Phi) is 6.23. The van der Waals surface area contributed by atoms with E-state index in [0.29, 0.717) is 6.42 Å². The number of aliphatic carboxylic acids is 2. The molecule has 0 radical (unpaired) electrons. The van der Waals surface area contributed by atoms with E-state index < -0.39 is 23.9 Å². The van der Waals surface area contributed by atoms with Crippen molar-refractivity contribution in [2.75, 3.05) is 0 Å². The van der Waals surface area contributed by atoms with Crippen LogP contribution in [0.15, 0.2) is 24.3 Å². The Labute approximate surface area is 124 Å². The monoisotopic (exact) mass is 377 g/mol. The van der Waals surface area contributed by atoms with Crippen LogP contribution < -0.4 is 5.73 Å². The molecule has 0 aromatic heterocycles. The Hall–Kier alpha value is -1.15. The summed E-state index contributed by atoms with van der Waals surface area (Å²) in [6.07, 6.45) is 0.810. The summed E-state index contributed by atoms with van der Waals surface area (Å²) in [6, 6.07) is 6.60. The predicted molar refractivity (Wildman–Crippen MR) is 78.8 cm³/mol. The molecule has 19 heavy (non-hydrogen) atoms. The van der Waals surface area contributed by atoms with E-state index in [1.807, 2.05) is 24.3 Å². The SMILES string of the molecule is N[C@@H](CC[C@H](Cc1ccc(I)cc1)C(=O)O)C(=O)O. The van der Waals surface area contributed by atoms with Crippen molar-refractivity contribution in [2.24, 2.45) is 11.7 Å². The van der Waals surface area contributed by atoms with Gasteiger partial charge in [0.2, 0.25) is 0 Å². The molecular formula is C13H16INO4. The number of carboxylic acids is 2. The third kappa shape index (κ3) is 5.56. The summed E-state index contributed by atoms with van der Waals surface area (Å²) in [4.78, 5) is 21.8. The van der Waals surface area contributed by atoms with E-state index in [0.717, 1.165) is 9.13 Å². The molecule has 0 bridgehead atoms. The largest absolute Gasteiger partial charge is 0.481 e. The molecule has 4 N–H and O–H groups in total. The lowest BCUT2D eigenvalue weighted by molar-refractivity contribution is -0.143. The maximum absolute atomic E-state index is 11.2. The molecule has 0 saturated heterocycles. The van der Waals surface area contributed by atoms with E-state index in [9.17, 15) is 9.59 Å². The lowest BCUT2D eigenvalue weighted by atomic mass is 9.93. The highest BCUT2D eigenvalue weighted by Gasteiger charge is 2.21. The van der Waals surface area contributed by atoms with Crippen LogP contribution in [0.5, 0.6) is 0 Å². The summed E-state index contributed by atoms with van der Waals surface area (Å²) in [5.41, 5.74) is 6.31. The third-order valence-corrected chi connectivity index (χ3v) is 3.61. The highest BCUT2D eigenvalue weighted by molar-refractivity contribution is 14.1. The standard InChI is InChI=1S/C13H16INO4/c14-10-4-1-8(2-5-10)7-9(12(16)17)3-6-11(15)13(18)19/h1-2,4-5,9,11H,3,6-7,15H2,(H,16,17)(H,18,19)/t9-,11+/m1/s1. The van der Waals surface area contributed by atoms with E-state index in [-0.39, 0.29) is 12.8 Å². The topological polar surface area (TPSA) is 101 Å². The molecule has 0 aliphatic carbocycles. The fourth-order valence-corrected chi connectivity index (χ4v) is 2.08. The molecule has 0 spiro atoms. The Bertz CT molecular complexity index is 446. The predicted octanol–water partition coefficient (Wildman–Crippen LogP) is 1.73. The van der Waals surface area contributed by atoms with E-state index in [1.165, 1.54) is 0 Å². The summed E-state index contributed by atoms with van der Waals surface area (Å²) < 4.78 is 1.08. The third-order valence-electron chi connectivity index (χ3n) is 2.89. The normalized spacial score (nSPS) is 13.8. The Morgan fingerprint density at radius 2 is 1.68 bits per heavy atom. The molecule has 0 aliphatic heterocycles. The second kappa shape index (κ2) is 7.44. The first kappa shape index (κ1) is 15.9. The molecule has 1 aromatic rings. The maximum Gasteiger partial charge on any atom is 0.320 e. The Morgan fingerprint density at radius 3 is 2.16 bits per heavy atom. The Balaban J connectivity index is 2.60. The van der Waals surface area contributed by atoms with Crippen LogP contribution >= 0.6 is 22.6 Å². The van der Waals surface area contributed by atoms with Crippen molar-refractivity contribution in [3.8, 4) is 0 Å². The number of nitrogens with two attached hydrogens (primary N) is 1. The second-order valence-corrected chi connectivity index (χ2v) is 5.63. The minimum absolute atomic E-state index is 0.163. The van der Waals surface area contributed by atoms with Gasteiger partial charge in [-0.15, -0.1) is 0 Å². The highest BCUT2D eigenvalue weighted by atomic mass is 127. The molecule has 5 nitrogen and oxygen atoms in total. The molecule has 0 fully saturated rings. The summed E-state index contributed by atoms with van der Waals surface area (Å²) in [7, 11) is 0. The fraction of sp³-hybridized carbons (Fsp3) is 0.385. The first-order valence-corrected chi connectivity index (χ1v) is 6.93. The van der Waals surface area contributed by atoms with E-state index in [4.69, 9.17) is 15.9 Å². The van der Waals surface area contributed by atoms with Gasteiger partial charge in [-0.1, -0.05) is 12.1 Å². The Morgan fingerprint density at radius 1 is 1.11 bits per heavy atom. The van der Waals surface area contributed by atoms with Gasteiger partial charge in [0, 0.05) is 3.57 Å². The molecule has 0 unspecified atom stereocenters. The van der Waals surface area contributed by atoms with Gasteiger partial charge in [-0.05, 0) is 59.5 Å². The average Bonchev–Trinajstić information content (AvgIpc) is 2.35. The second-order valence-electron chi connectivity index (χ2n) is 4.39. The van der Waals surface area contributed by atoms with Crippen LogP contribution in [0.2, 0.25) is 0 Å². The van der Waals surface area contributed by atoms with Gasteiger partial charge in [0.15, 0.2) is 0 Å².